The Bertz CT molecular complexity index is 1010. The number of benzene rings is 3. The lowest BCUT2D eigenvalue weighted by molar-refractivity contribution is 0.637. The average Bonchev–Trinajstić information content (AvgIpc) is 2.96. The Morgan fingerprint density at radius 3 is 2.73 bits per heavy atom. The van der Waals surface area contributed by atoms with E-state index in [0.717, 1.165) is 17.9 Å². The fourth-order valence-electron chi connectivity index (χ4n) is 3.66. The van der Waals surface area contributed by atoms with Crippen LogP contribution in [0.5, 0.6) is 0 Å². The molecular weight excluding hydrogens is 268 g/mol. The van der Waals surface area contributed by atoms with Gasteiger partial charge in [-0.3, -0.25) is 0 Å². The molecular formula is C20H16N2. The van der Waals surface area contributed by atoms with Crippen LogP contribution < -0.4 is 0 Å². The molecule has 0 spiro atoms. The van der Waals surface area contributed by atoms with Gasteiger partial charge in [0.05, 0.1) is 11.0 Å². The molecule has 22 heavy (non-hydrogen) atoms. The van der Waals surface area contributed by atoms with Crippen molar-refractivity contribution < 1.29 is 0 Å². The van der Waals surface area contributed by atoms with E-state index < -0.39 is 0 Å². The van der Waals surface area contributed by atoms with E-state index in [-0.39, 0.29) is 0 Å². The molecule has 1 aliphatic heterocycles. The molecule has 0 N–H and O–H groups in total. The molecule has 4 aromatic rings. The Labute approximate surface area is 129 Å². The number of para-hydroxylation sites is 1. The van der Waals surface area contributed by atoms with Crippen LogP contribution in [0.4, 0.5) is 0 Å². The molecule has 5 rings (SSSR count). The normalized spacial score (nSPS) is 13.8. The third-order valence-corrected chi connectivity index (χ3v) is 4.69. The minimum absolute atomic E-state index is 1.07. The predicted molar refractivity (Wildman–Crippen MR) is 91.0 cm³/mol. The first-order valence-electron chi connectivity index (χ1n) is 7.87. The van der Waals surface area contributed by atoms with Gasteiger partial charge in [-0.25, -0.2) is 4.98 Å². The number of aryl methyl sites for hydroxylation is 2. The van der Waals surface area contributed by atoms with Gasteiger partial charge >= 0.3 is 0 Å². The lowest BCUT2D eigenvalue weighted by Crippen LogP contribution is -2.08. The molecule has 0 saturated heterocycles. The Kier molecular flexibility index (Phi) is 2.42. The van der Waals surface area contributed by atoms with Crippen LogP contribution in [0.25, 0.3) is 33.2 Å². The van der Waals surface area contributed by atoms with Crippen LogP contribution in [0.1, 0.15) is 12.0 Å². The summed E-state index contributed by atoms with van der Waals surface area (Å²) >= 11 is 0. The molecule has 0 atom stereocenters. The standard InChI is InChI=1S/C20H16N2/c1-2-6-16-13-17(11-10-14(16)5-1)20-21-18-9-3-7-15-8-4-12-22(20)19(15)18/h1-3,5-7,9-11,13H,4,8,12H2. The molecule has 0 unspecified atom stereocenters. The van der Waals surface area contributed by atoms with Crippen LogP contribution in [0.3, 0.4) is 0 Å². The first-order chi connectivity index (χ1) is 10.9. The highest BCUT2D eigenvalue weighted by Gasteiger charge is 2.18. The summed E-state index contributed by atoms with van der Waals surface area (Å²) in [5.74, 6) is 1.10. The van der Waals surface area contributed by atoms with Crippen molar-refractivity contribution in [3.05, 3.63) is 66.2 Å². The lowest BCUT2D eigenvalue weighted by Gasteiger charge is -2.16. The average molecular weight is 284 g/mol. The first-order valence-corrected chi connectivity index (χ1v) is 7.87. The molecule has 0 amide bonds. The van der Waals surface area contributed by atoms with E-state index in [1.807, 2.05) is 0 Å². The van der Waals surface area contributed by atoms with Gasteiger partial charge in [-0.05, 0) is 41.3 Å². The second-order valence-electron chi connectivity index (χ2n) is 6.04. The van der Waals surface area contributed by atoms with Crippen molar-refractivity contribution in [2.24, 2.45) is 0 Å². The molecule has 1 aliphatic rings. The Hall–Kier alpha value is -2.61. The summed E-state index contributed by atoms with van der Waals surface area (Å²) in [6.45, 7) is 1.07. The molecule has 2 heterocycles. The zero-order valence-electron chi connectivity index (χ0n) is 12.3. The molecule has 0 bridgehead atoms. The van der Waals surface area contributed by atoms with Gasteiger partial charge in [-0.1, -0.05) is 48.5 Å². The quantitative estimate of drug-likeness (QED) is 0.491. The van der Waals surface area contributed by atoms with E-state index in [9.17, 15) is 0 Å². The van der Waals surface area contributed by atoms with Gasteiger partial charge < -0.3 is 4.57 Å². The van der Waals surface area contributed by atoms with Gasteiger partial charge in [0, 0.05) is 12.1 Å². The van der Waals surface area contributed by atoms with Crippen molar-refractivity contribution in [2.75, 3.05) is 0 Å². The van der Waals surface area contributed by atoms with Gasteiger partial charge in [0.1, 0.15) is 5.82 Å². The minimum Gasteiger partial charge on any atom is -0.324 e. The maximum absolute atomic E-state index is 4.92. The van der Waals surface area contributed by atoms with Gasteiger partial charge in [0.15, 0.2) is 0 Å². The fraction of sp³-hybridized carbons (Fsp3) is 0.150. The van der Waals surface area contributed by atoms with E-state index in [1.165, 1.54) is 40.3 Å². The highest BCUT2D eigenvalue weighted by molar-refractivity contribution is 5.89. The predicted octanol–water partition coefficient (Wildman–Crippen LogP) is 4.80. The van der Waals surface area contributed by atoms with Crippen molar-refractivity contribution in [3.8, 4) is 11.4 Å². The highest BCUT2D eigenvalue weighted by Crippen LogP contribution is 2.32. The smallest absolute Gasteiger partial charge is 0.141 e. The summed E-state index contributed by atoms with van der Waals surface area (Å²) in [5.41, 5.74) is 5.10. The largest absolute Gasteiger partial charge is 0.324 e. The van der Waals surface area contributed by atoms with Crippen molar-refractivity contribution in [1.82, 2.24) is 9.55 Å². The third kappa shape index (κ3) is 1.64. The summed E-state index contributed by atoms with van der Waals surface area (Å²) in [4.78, 5) is 4.92. The van der Waals surface area contributed by atoms with Crippen LogP contribution in [0.15, 0.2) is 60.7 Å². The van der Waals surface area contributed by atoms with Crippen LogP contribution in [0.2, 0.25) is 0 Å². The topological polar surface area (TPSA) is 17.8 Å². The number of hydrogen-bond acceptors (Lipinski definition) is 1. The van der Waals surface area contributed by atoms with Gasteiger partial charge in [-0.2, -0.15) is 0 Å². The second-order valence-corrected chi connectivity index (χ2v) is 6.04. The maximum atomic E-state index is 4.92. The fourth-order valence-corrected chi connectivity index (χ4v) is 3.66. The van der Waals surface area contributed by atoms with Crippen LogP contribution >= 0.6 is 0 Å². The molecule has 2 heteroatoms. The maximum Gasteiger partial charge on any atom is 0.141 e. The number of hydrogen-bond donors (Lipinski definition) is 0. The minimum atomic E-state index is 1.07. The number of aromatic nitrogens is 2. The lowest BCUT2D eigenvalue weighted by atomic mass is 10.0. The molecule has 0 aliphatic carbocycles. The van der Waals surface area contributed by atoms with Gasteiger partial charge in [-0.15, -0.1) is 0 Å². The van der Waals surface area contributed by atoms with Crippen molar-refractivity contribution >= 4 is 21.8 Å². The van der Waals surface area contributed by atoms with E-state index in [1.54, 1.807) is 0 Å². The van der Waals surface area contributed by atoms with E-state index in [2.05, 4.69) is 65.2 Å². The van der Waals surface area contributed by atoms with Crippen molar-refractivity contribution in [3.63, 3.8) is 0 Å². The monoisotopic (exact) mass is 284 g/mol. The molecule has 3 aromatic carbocycles. The molecule has 0 fully saturated rings. The van der Waals surface area contributed by atoms with Crippen molar-refractivity contribution in [1.29, 1.82) is 0 Å². The van der Waals surface area contributed by atoms with Crippen molar-refractivity contribution in [2.45, 2.75) is 19.4 Å². The second kappa shape index (κ2) is 4.44. The molecule has 106 valence electrons. The summed E-state index contributed by atoms with van der Waals surface area (Å²) in [7, 11) is 0. The molecule has 0 saturated carbocycles. The van der Waals surface area contributed by atoms with E-state index in [0.29, 0.717) is 0 Å². The summed E-state index contributed by atoms with van der Waals surface area (Å²) in [6.07, 6.45) is 2.36. The zero-order chi connectivity index (χ0) is 14.5. The summed E-state index contributed by atoms with van der Waals surface area (Å²) in [5, 5.41) is 2.55. The zero-order valence-corrected chi connectivity index (χ0v) is 12.3. The molecule has 1 aromatic heterocycles. The Morgan fingerprint density at radius 1 is 0.864 bits per heavy atom. The van der Waals surface area contributed by atoms with E-state index in [4.69, 9.17) is 4.98 Å². The number of nitrogens with zero attached hydrogens (tertiary/aromatic N) is 2. The molecule has 2 nitrogen and oxygen atoms in total. The van der Waals surface area contributed by atoms with Gasteiger partial charge in [0.25, 0.3) is 0 Å². The number of fused-ring (bicyclic) bond motifs is 1. The number of imidazole rings is 1. The first kappa shape index (κ1) is 12.0. The van der Waals surface area contributed by atoms with Crippen LogP contribution in [-0.2, 0) is 13.0 Å². The van der Waals surface area contributed by atoms with Gasteiger partial charge in [0.2, 0.25) is 0 Å². The highest BCUT2D eigenvalue weighted by atomic mass is 15.1. The number of rotatable bonds is 1. The molecule has 0 radical (unpaired) electrons. The summed E-state index contributed by atoms with van der Waals surface area (Å²) in [6, 6.07) is 21.7. The third-order valence-electron chi connectivity index (χ3n) is 4.69. The van der Waals surface area contributed by atoms with Crippen LogP contribution in [0, 0.1) is 0 Å². The Morgan fingerprint density at radius 2 is 1.77 bits per heavy atom. The SMILES string of the molecule is c1ccc2cc(-c3nc4cccc5c4n3CCC5)ccc2c1. The Balaban J connectivity index is 1.80. The van der Waals surface area contributed by atoms with Crippen LogP contribution in [-0.4, -0.2) is 9.55 Å². The van der Waals surface area contributed by atoms with E-state index >= 15 is 0 Å². The summed E-state index contributed by atoms with van der Waals surface area (Å²) < 4.78 is 2.40.